The van der Waals surface area contributed by atoms with Crippen molar-refractivity contribution in [3.05, 3.63) is 22.6 Å². The van der Waals surface area contributed by atoms with Crippen molar-refractivity contribution in [1.29, 1.82) is 0 Å². The molecule has 20 heavy (non-hydrogen) atoms. The molecule has 2 rings (SSSR count). The Labute approximate surface area is 119 Å². The fourth-order valence-corrected chi connectivity index (χ4v) is 2.35. The minimum Gasteiger partial charge on any atom is -0.422 e. The molecular formula is C15H23N3O2. The van der Waals surface area contributed by atoms with E-state index in [1.54, 1.807) is 17.8 Å². The summed E-state index contributed by atoms with van der Waals surface area (Å²) in [6, 6.07) is 0. The van der Waals surface area contributed by atoms with E-state index in [0.717, 1.165) is 12.8 Å². The molecule has 0 aliphatic carbocycles. The van der Waals surface area contributed by atoms with Crippen molar-refractivity contribution >= 4 is 11.2 Å². The first-order valence-electron chi connectivity index (χ1n) is 7.55. The zero-order chi connectivity index (χ0) is 14.4. The fourth-order valence-electron chi connectivity index (χ4n) is 2.35. The van der Waals surface area contributed by atoms with Crippen LogP contribution in [0.5, 0.6) is 0 Å². The van der Waals surface area contributed by atoms with Crippen molar-refractivity contribution in [2.45, 2.75) is 65.3 Å². The molecular weight excluding hydrogens is 254 g/mol. The van der Waals surface area contributed by atoms with Gasteiger partial charge in [0.2, 0.25) is 0 Å². The van der Waals surface area contributed by atoms with Crippen LogP contribution in [0.15, 0.2) is 15.5 Å². The van der Waals surface area contributed by atoms with E-state index in [-0.39, 0.29) is 5.56 Å². The summed E-state index contributed by atoms with van der Waals surface area (Å²) in [5.41, 5.74) is 0.578. The van der Waals surface area contributed by atoms with Crippen molar-refractivity contribution in [1.82, 2.24) is 14.5 Å². The Kier molecular flexibility index (Phi) is 5.32. The molecule has 2 aromatic rings. The number of hydrogen-bond donors (Lipinski definition) is 0. The second-order valence-corrected chi connectivity index (χ2v) is 5.25. The number of rotatable bonds is 8. The van der Waals surface area contributed by atoms with Crippen LogP contribution in [0, 0.1) is 6.92 Å². The van der Waals surface area contributed by atoms with Crippen LogP contribution in [0.3, 0.4) is 0 Å². The summed E-state index contributed by atoms with van der Waals surface area (Å²) >= 11 is 0. The van der Waals surface area contributed by atoms with Gasteiger partial charge in [-0.05, 0) is 6.42 Å². The Balaban J connectivity index is 1.84. The van der Waals surface area contributed by atoms with Crippen molar-refractivity contribution in [2.75, 3.05) is 0 Å². The predicted octanol–water partition coefficient (Wildman–Crippen LogP) is 3.44. The standard InChI is InChI=1S/C15H23N3O2/c1-3-4-5-6-7-8-9-10-18-11-16-14-13(15(18)19)17-12(2)20-14/h11H,3-10H2,1-2H3. The summed E-state index contributed by atoms with van der Waals surface area (Å²) in [6.07, 6.45) is 10.2. The third-order valence-electron chi connectivity index (χ3n) is 3.50. The Morgan fingerprint density at radius 2 is 1.85 bits per heavy atom. The number of aryl methyl sites for hydroxylation is 2. The lowest BCUT2D eigenvalue weighted by molar-refractivity contribution is 0.533. The zero-order valence-corrected chi connectivity index (χ0v) is 12.4. The molecule has 0 aliphatic rings. The second kappa shape index (κ2) is 7.22. The lowest BCUT2D eigenvalue weighted by atomic mass is 10.1. The molecule has 0 saturated heterocycles. The van der Waals surface area contributed by atoms with Crippen molar-refractivity contribution in [3.63, 3.8) is 0 Å². The van der Waals surface area contributed by atoms with E-state index in [1.165, 1.54) is 32.1 Å². The van der Waals surface area contributed by atoms with Crippen LogP contribution in [0.2, 0.25) is 0 Å². The van der Waals surface area contributed by atoms with Crippen molar-refractivity contribution in [3.8, 4) is 0 Å². The molecule has 2 aromatic heterocycles. The smallest absolute Gasteiger partial charge is 0.283 e. The first-order chi connectivity index (χ1) is 9.72. The van der Waals surface area contributed by atoms with Gasteiger partial charge in [0.1, 0.15) is 6.33 Å². The van der Waals surface area contributed by atoms with Gasteiger partial charge in [0.05, 0.1) is 0 Å². The third kappa shape index (κ3) is 3.68. The van der Waals surface area contributed by atoms with Crippen LogP contribution in [0.25, 0.3) is 11.2 Å². The van der Waals surface area contributed by atoms with Gasteiger partial charge in [-0.15, -0.1) is 0 Å². The summed E-state index contributed by atoms with van der Waals surface area (Å²) in [6.45, 7) is 4.66. The molecule has 0 radical (unpaired) electrons. The molecule has 5 nitrogen and oxygen atoms in total. The highest BCUT2D eigenvalue weighted by Gasteiger charge is 2.09. The number of unbranched alkanes of at least 4 members (excludes halogenated alkanes) is 6. The first kappa shape index (κ1) is 14.8. The summed E-state index contributed by atoms with van der Waals surface area (Å²) in [5.74, 6) is 0.485. The monoisotopic (exact) mass is 277 g/mol. The molecule has 0 aliphatic heterocycles. The van der Waals surface area contributed by atoms with E-state index in [2.05, 4.69) is 16.9 Å². The second-order valence-electron chi connectivity index (χ2n) is 5.25. The largest absolute Gasteiger partial charge is 0.422 e. The Morgan fingerprint density at radius 1 is 1.15 bits per heavy atom. The zero-order valence-electron chi connectivity index (χ0n) is 12.4. The number of nitrogens with zero attached hydrogens (tertiary/aromatic N) is 3. The van der Waals surface area contributed by atoms with Crippen LogP contribution in [0.1, 0.15) is 57.8 Å². The molecule has 0 saturated carbocycles. The highest BCUT2D eigenvalue weighted by molar-refractivity contribution is 5.65. The summed E-state index contributed by atoms with van der Waals surface area (Å²) < 4.78 is 6.88. The van der Waals surface area contributed by atoms with Gasteiger partial charge in [0.15, 0.2) is 11.4 Å². The Bertz CT molecular complexity index is 601. The van der Waals surface area contributed by atoms with E-state index in [1.807, 2.05) is 0 Å². The molecule has 2 heterocycles. The SMILES string of the molecule is CCCCCCCCCn1cnc2oc(C)nc2c1=O. The molecule has 0 unspecified atom stereocenters. The molecule has 110 valence electrons. The van der Waals surface area contributed by atoms with Gasteiger partial charge in [0, 0.05) is 13.5 Å². The van der Waals surface area contributed by atoms with Crippen molar-refractivity contribution in [2.24, 2.45) is 0 Å². The van der Waals surface area contributed by atoms with Gasteiger partial charge in [-0.25, -0.2) is 9.97 Å². The molecule has 0 amide bonds. The minimum absolute atomic E-state index is 0.0992. The molecule has 0 N–H and O–H groups in total. The van der Waals surface area contributed by atoms with E-state index in [9.17, 15) is 4.79 Å². The van der Waals surface area contributed by atoms with E-state index in [0.29, 0.717) is 23.7 Å². The maximum absolute atomic E-state index is 12.1. The first-order valence-corrected chi connectivity index (χ1v) is 7.55. The molecule has 0 aromatic carbocycles. The maximum atomic E-state index is 12.1. The normalized spacial score (nSPS) is 11.3. The van der Waals surface area contributed by atoms with Crippen LogP contribution in [-0.2, 0) is 6.54 Å². The molecule has 5 heteroatoms. The Morgan fingerprint density at radius 3 is 2.60 bits per heavy atom. The van der Waals surface area contributed by atoms with Crippen LogP contribution in [0.4, 0.5) is 0 Å². The molecule has 0 fully saturated rings. The van der Waals surface area contributed by atoms with Crippen LogP contribution in [-0.4, -0.2) is 14.5 Å². The molecule has 0 bridgehead atoms. The van der Waals surface area contributed by atoms with Crippen LogP contribution < -0.4 is 5.56 Å². The highest BCUT2D eigenvalue weighted by atomic mass is 16.4. The van der Waals surface area contributed by atoms with E-state index in [4.69, 9.17) is 4.42 Å². The van der Waals surface area contributed by atoms with Gasteiger partial charge in [-0.2, -0.15) is 0 Å². The van der Waals surface area contributed by atoms with Crippen LogP contribution >= 0.6 is 0 Å². The third-order valence-corrected chi connectivity index (χ3v) is 3.50. The lowest BCUT2D eigenvalue weighted by Crippen LogP contribution is -2.20. The number of fused-ring (bicyclic) bond motifs is 1. The lowest BCUT2D eigenvalue weighted by Gasteiger charge is -2.04. The molecule has 0 atom stereocenters. The van der Waals surface area contributed by atoms with Gasteiger partial charge in [-0.1, -0.05) is 45.4 Å². The average Bonchev–Trinajstić information content (AvgIpc) is 2.82. The summed E-state index contributed by atoms with van der Waals surface area (Å²) in [5, 5.41) is 0. The quantitative estimate of drug-likeness (QED) is 0.693. The van der Waals surface area contributed by atoms with Gasteiger partial charge in [-0.3, -0.25) is 9.36 Å². The van der Waals surface area contributed by atoms with Crippen molar-refractivity contribution < 1.29 is 4.42 Å². The van der Waals surface area contributed by atoms with E-state index >= 15 is 0 Å². The predicted molar refractivity (Wildman–Crippen MR) is 78.8 cm³/mol. The molecule has 0 spiro atoms. The number of hydrogen-bond acceptors (Lipinski definition) is 4. The van der Waals surface area contributed by atoms with Gasteiger partial charge >= 0.3 is 0 Å². The average molecular weight is 277 g/mol. The summed E-state index contributed by atoms with van der Waals surface area (Å²) in [7, 11) is 0. The minimum atomic E-state index is -0.0992. The maximum Gasteiger partial charge on any atom is 0.283 e. The van der Waals surface area contributed by atoms with Gasteiger partial charge < -0.3 is 4.42 Å². The number of aromatic nitrogens is 3. The highest BCUT2D eigenvalue weighted by Crippen LogP contribution is 2.09. The van der Waals surface area contributed by atoms with E-state index < -0.39 is 0 Å². The van der Waals surface area contributed by atoms with Gasteiger partial charge in [0.25, 0.3) is 11.3 Å². The topological polar surface area (TPSA) is 60.9 Å². The Hall–Kier alpha value is -1.65. The number of oxazole rings is 1. The summed E-state index contributed by atoms with van der Waals surface area (Å²) in [4.78, 5) is 20.4. The fraction of sp³-hybridized carbons (Fsp3) is 0.667.